The van der Waals surface area contributed by atoms with E-state index in [0.717, 1.165) is 5.57 Å². The van der Waals surface area contributed by atoms with Crippen molar-refractivity contribution in [2.24, 2.45) is 40.4 Å². The van der Waals surface area contributed by atoms with E-state index in [2.05, 4.69) is 0 Å². The predicted molar refractivity (Wildman–Crippen MR) is 163 cm³/mol. The average Bonchev–Trinajstić information content (AvgIpc) is 3.33. The summed E-state index contributed by atoms with van der Waals surface area (Å²) < 4.78 is 24.6. The van der Waals surface area contributed by atoms with Gasteiger partial charge in [0.15, 0.2) is 5.60 Å². The number of Topliss-reactive ketones (excluding diaryl/α,β-unsaturated/α-hetero) is 1. The number of fused-ring (bicyclic) bond motifs is 4. The predicted octanol–water partition coefficient (Wildman–Crippen LogP) is 4.66. The first-order valence-corrected chi connectivity index (χ1v) is 16.0. The number of ketones is 1. The summed E-state index contributed by atoms with van der Waals surface area (Å²) in [4.78, 5) is 67.7. The molecule has 0 bridgehead atoms. The molecule has 1 N–H and O–H groups in total. The molecule has 250 valence electrons. The maximum absolute atomic E-state index is 14.9. The molecule has 4 aliphatic rings. The van der Waals surface area contributed by atoms with Crippen LogP contribution < -0.4 is 0 Å². The van der Waals surface area contributed by atoms with Crippen molar-refractivity contribution in [2.45, 2.75) is 119 Å². The van der Waals surface area contributed by atoms with Gasteiger partial charge in [0.1, 0.15) is 24.4 Å². The Morgan fingerprint density at radius 1 is 0.911 bits per heavy atom. The van der Waals surface area contributed by atoms with E-state index in [0.29, 0.717) is 24.0 Å². The van der Waals surface area contributed by atoms with Gasteiger partial charge in [-0.1, -0.05) is 32.4 Å². The molecule has 10 atom stereocenters. The lowest BCUT2D eigenvalue weighted by Gasteiger charge is -2.54. The van der Waals surface area contributed by atoms with Crippen LogP contribution in [0.15, 0.2) is 22.8 Å². The van der Waals surface area contributed by atoms with Crippen molar-refractivity contribution in [2.75, 3.05) is 6.61 Å². The number of esters is 4. The van der Waals surface area contributed by atoms with E-state index in [9.17, 15) is 29.1 Å². The number of carbonyl (C=O) groups is 5. The van der Waals surface area contributed by atoms with Crippen LogP contribution in [0.3, 0.4) is 0 Å². The zero-order valence-corrected chi connectivity index (χ0v) is 28.6. The van der Waals surface area contributed by atoms with Gasteiger partial charge in [0, 0.05) is 36.8 Å². The van der Waals surface area contributed by atoms with E-state index < -0.39 is 82.3 Å². The minimum absolute atomic E-state index is 0.0547. The molecule has 0 aliphatic heterocycles. The molecule has 0 amide bonds. The van der Waals surface area contributed by atoms with Gasteiger partial charge in [0.25, 0.3) is 0 Å². The number of aliphatic hydroxyl groups is 1. The summed E-state index contributed by atoms with van der Waals surface area (Å²) in [6, 6.07) is 0. The molecule has 10 heteroatoms. The number of rotatable bonds is 7. The molecular formula is C35H50O10. The Morgan fingerprint density at radius 3 is 2.07 bits per heavy atom. The lowest BCUT2D eigenvalue weighted by molar-refractivity contribution is -0.233. The molecule has 0 aromatic rings. The maximum atomic E-state index is 14.9. The molecule has 0 spiro atoms. The van der Waals surface area contributed by atoms with Crippen molar-refractivity contribution in [3.05, 3.63) is 22.8 Å². The zero-order valence-electron chi connectivity index (χ0n) is 28.6. The molecule has 0 aromatic carbocycles. The Hall–Kier alpha value is -3.01. The Morgan fingerprint density at radius 2 is 1.53 bits per heavy atom. The van der Waals surface area contributed by atoms with Gasteiger partial charge in [-0.15, -0.1) is 0 Å². The SMILES string of the molecule is C/C=C(\C)C(=O)O[C@@H]1[C@H]2C[C@@H](C)C[C@]2(O)C(=O)[C@@](C)(OC(C)=O)[C@@H]2[C@H]3[C@H](C[C@@H](OC(=O)C(C)=C(C)C)[C@@]12COC(C)=O)C3(C)C. The highest BCUT2D eigenvalue weighted by Crippen LogP contribution is 2.76. The van der Waals surface area contributed by atoms with E-state index in [4.69, 9.17) is 18.9 Å². The highest BCUT2D eigenvalue weighted by atomic mass is 16.6. The molecule has 4 aliphatic carbocycles. The van der Waals surface area contributed by atoms with E-state index in [-0.39, 0.29) is 24.2 Å². The zero-order chi connectivity index (χ0) is 34.0. The topological polar surface area (TPSA) is 143 Å². The molecular weight excluding hydrogens is 580 g/mol. The number of ether oxygens (including phenoxy) is 4. The van der Waals surface area contributed by atoms with E-state index in [1.54, 1.807) is 40.7 Å². The molecule has 4 saturated carbocycles. The van der Waals surface area contributed by atoms with Crippen molar-refractivity contribution < 1.29 is 48.0 Å². The van der Waals surface area contributed by atoms with Gasteiger partial charge in [0.05, 0.1) is 5.41 Å². The van der Waals surface area contributed by atoms with Crippen LogP contribution in [0.4, 0.5) is 0 Å². The molecule has 10 nitrogen and oxygen atoms in total. The van der Waals surface area contributed by atoms with Crippen molar-refractivity contribution in [3.8, 4) is 0 Å². The lowest BCUT2D eigenvalue weighted by atomic mass is 9.55. The van der Waals surface area contributed by atoms with Crippen molar-refractivity contribution in [1.82, 2.24) is 0 Å². The fourth-order valence-corrected chi connectivity index (χ4v) is 9.07. The summed E-state index contributed by atoms with van der Waals surface area (Å²) in [6.45, 7) is 18.1. The lowest BCUT2D eigenvalue weighted by Crippen LogP contribution is -2.66. The minimum atomic E-state index is -2.04. The second-order valence-corrected chi connectivity index (χ2v) is 15.0. The van der Waals surface area contributed by atoms with Crippen LogP contribution in [0.5, 0.6) is 0 Å². The summed E-state index contributed by atoms with van der Waals surface area (Å²) in [5, 5.41) is 12.5. The molecule has 0 unspecified atom stereocenters. The summed E-state index contributed by atoms with van der Waals surface area (Å²) in [5.41, 5.74) is -4.52. The van der Waals surface area contributed by atoms with Crippen molar-refractivity contribution in [1.29, 1.82) is 0 Å². The van der Waals surface area contributed by atoms with E-state index >= 15 is 0 Å². The summed E-state index contributed by atoms with van der Waals surface area (Å²) in [7, 11) is 0. The standard InChI is InChI=1S/C35H50O10/c1-12-19(5)29(38)44-28-24-13-18(4)15-35(24,41)31(40)33(11,45-22(8)37)27-26-23(32(26,9)10)14-25(34(27,28)16-42-21(7)36)43-30(39)20(6)17(2)3/h12,18,23-28,41H,13-16H2,1-11H3/b19-12+/t18-,23+,24-,25-,26-,27+,28-,33+,34-,35-/m1/s1. The highest BCUT2D eigenvalue weighted by Gasteiger charge is 2.82. The van der Waals surface area contributed by atoms with Gasteiger partial charge in [-0.05, 0) is 84.0 Å². The first-order chi connectivity index (χ1) is 20.7. The normalized spacial score (nSPS) is 39.7. The van der Waals surface area contributed by atoms with Gasteiger partial charge >= 0.3 is 23.9 Å². The van der Waals surface area contributed by atoms with Gasteiger partial charge in [-0.2, -0.15) is 0 Å². The van der Waals surface area contributed by atoms with Crippen molar-refractivity contribution >= 4 is 29.7 Å². The second-order valence-electron chi connectivity index (χ2n) is 15.0. The highest BCUT2D eigenvalue weighted by molar-refractivity contribution is 5.98. The third-order valence-corrected chi connectivity index (χ3v) is 11.6. The molecule has 0 radical (unpaired) electrons. The van der Waals surface area contributed by atoms with Gasteiger partial charge in [0.2, 0.25) is 5.78 Å². The smallest absolute Gasteiger partial charge is 0.333 e. The van der Waals surface area contributed by atoms with Crippen molar-refractivity contribution in [3.63, 3.8) is 0 Å². The van der Waals surface area contributed by atoms with Crippen LogP contribution in [0.2, 0.25) is 0 Å². The summed E-state index contributed by atoms with van der Waals surface area (Å²) in [6.07, 6.45) is 0.00551. The maximum Gasteiger partial charge on any atom is 0.333 e. The number of hydrogen-bond donors (Lipinski definition) is 1. The summed E-state index contributed by atoms with van der Waals surface area (Å²) >= 11 is 0. The fraction of sp³-hybridized carbons (Fsp3) is 0.743. The Balaban J connectivity index is 2.13. The van der Waals surface area contributed by atoms with Gasteiger partial charge in [-0.25, -0.2) is 9.59 Å². The minimum Gasteiger partial charge on any atom is -0.465 e. The van der Waals surface area contributed by atoms with Crippen LogP contribution in [0.1, 0.15) is 95.4 Å². The van der Waals surface area contributed by atoms with Gasteiger partial charge in [-0.3, -0.25) is 14.4 Å². The molecule has 45 heavy (non-hydrogen) atoms. The fourth-order valence-electron chi connectivity index (χ4n) is 9.07. The molecule has 4 rings (SSSR count). The Bertz CT molecular complexity index is 1350. The van der Waals surface area contributed by atoms with Crippen LogP contribution >= 0.6 is 0 Å². The third kappa shape index (κ3) is 5.44. The van der Waals surface area contributed by atoms with Crippen LogP contribution in [-0.4, -0.2) is 64.8 Å². The largest absolute Gasteiger partial charge is 0.465 e. The number of carbonyl (C=O) groups excluding carboxylic acids is 5. The Kier molecular flexibility index (Phi) is 9.03. The average molecular weight is 631 g/mol. The first kappa shape index (κ1) is 34.9. The molecule has 4 fully saturated rings. The molecule has 0 saturated heterocycles. The summed E-state index contributed by atoms with van der Waals surface area (Å²) in [5.74, 6) is -5.73. The number of allylic oxidation sites excluding steroid dienone is 2. The van der Waals surface area contributed by atoms with E-state index in [1.807, 2.05) is 20.8 Å². The van der Waals surface area contributed by atoms with Crippen LogP contribution in [0.25, 0.3) is 0 Å². The van der Waals surface area contributed by atoms with Crippen LogP contribution in [0, 0.1) is 40.4 Å². The first-order valence-electron chi connectivity index (χ1n) is 16.0. The Labute approximate surface area is 266 Å². The molecule has 0 heterocycles. The number of hydrogen-bond acceptors (Lipinski definition) is 10. The van der Waals surface area contributed by atoms with E-state index in [1.165, 1.54) is 20.8 Å². The van der Waals surface area contributed by atoms with Gasteiger partial charge < -0.3 is 24.1 Å². The quantitative estimate of drug-likeness (QED) is 0.240. The molecule has 0 aromatic heterocycles. The van der Waals surface area contributed by atoms with Crippen LogP contribution in [-0.2, 0) is 42.9 Å². The monoisotopic (exact) mass is 630 g/mol. The second kappa shape index (κ2) is 11.7. The third-order valence-electron chi connectivity index (χ3n) is 11.6.